The van der Waals surface area contributed by atoms with Gasteiger partial charge in [0.25, 0.3) is 0 Å². The van der Waals surface area contributed by atoms with Gasteiger partial charge in [-0.15, -0.1) is 0 Å². The zero-order valence-electron chi connectivity index (χ0n) is 12.9. The van der Waals surface area contributed by atoms with E-state index in [-0.39, 0.29) is 5.91 Å². The lowest BCUT2D eigenvalue weighted by molar-refractivity contribution is -0.123. The van der Waals surface area contributed by atoms with Crippen molar-refractivity contribution in [3.05, 3.63) is 60.2 Å². The molecule has 1 fully saturated rings. The number of allylic oxidation sites excluding steroid dienone is 3. The topological polar surface area (TPSA) is 32.3 Å². The van der Waals surface area contributed by atoms with E-state index in [1.165, 1.54) is 5.56 Å². The van der Waals surface area contributed by atoms with Crippen LogP contribution in [0.3, 0.4) is 0 Å². The normalized spacial score (nSPS) is 24.5. The van der Waals surface area contributed by atoms with Crippen molar-refractivity contribution in [3.63, 3.8) is 0 Å². The summed E-state index contributed by atoms with van der Waals surface area (Å²) in [5, 5.41) is 3.02. The van der Waals surface area contributed by atoms with Crippen LogP contribution in [-0.4, -0.2) is 29.9 Å². The maximum absolute atomic E-state index is 11.4. The number of nitrogens with one attached hydrogen (secondary N) is 1. The fraction of sp³-hybridized carbons (Fsp3) is 0.421. The van der Waals surface area contributed by atoms with E-state index in [0.29, 0.717) is 18.4 Å². The summed E-state index contributed by atoms with van der Waals surface area (Å²) in [4.78, 5) is 14.0. The molecule has 0 bridgehead atoms. The molecule has 22 heavy (non-hydrogen) atoms. The number of nitrogens with zero attached hydrogens (tertiary/aromatic N) is 1. The Morgan fingerprint density at radius 2 is 2.05 bits per heavy atom. The Bertz CT molecular complexity index is 540. The van der Waals surface area contributed by atoms with Crippen LogP contribution >= 0.6 is 0 Å². The molecule has 1 aliphatic heterocycles. The zero-order chi connectivity index (χ0) is 15.2. The average molecular weight is 296 g/mol. The first kappa shape index (κ1) is 15.0. The summed E-state index contributed by atoms with van der Waals surface area (Å²) in [5.74, 6) is 0.766. The Balaban J connectivity index is 1.68. The second-order valence-electron chi connectivity index (χ2n) is 6.22. The first-order valence-electron chi connectivity index (χ1n) is 8.19. The smallest absolute Gasteiger partial charge is 0.220 e. The van der Waals surface area contributed by atoms with Gasteiger partial charge in [-0.25, -0.2) is 0 Å². The van der Waals surface area contributed by atoms with Gasteiger partial charge in [-0.2, -0.15) is 0 Å². The van der Waals surface area contributed by atoms with Gasteiger partial charge in [0.15, 0.2) is 0 Å². The summed E-state index contributed by atoms with van der Waals surface area (Å²) in [6.45, 7) is 2.78. The number of carbonyl (C=O) groups is 1. The number of carbonyl (C=O) groups excluding carboxylic acids is 1. The summed E-state index contributed by atoms with van der Waals surface area (Å²) in [7, 11) is 0. The highest BCUT2D eigenvalue weighted by molar-refractivity contribution is 5.76. The van der Waals surface area contributed by atoms with Gasteiger partial charge in [-0.1, -0.05) is 54.6 Å². The Labute approximate surface area is 132 Å². The molecule has 3 rings (SSSR count). The molecule has 1 saturated heterocycles. The molecule has 116 valence electrons. The van der Waals surface area contributed by atoms with Gasteiger partial charge in [0.05, 0.1) is 0 Å². The van der Waals surface area contributed by atoms with Crippen molar-refractivity contribution >= 4 is 5.91 Å². The van der Waals surface area contributed by atoms with Crippen molar-refractivity contribution < 1.29 is 4.79 Å². The monoisotopic (exact) mass is 296 g/mol. The van der Waals surface area contributed by atoms with Gasteiger partial charge in [0.1, 0.15) is 0 Å². The second kappa shape index (κ2) is 7.41. The summed E-state index contributed by atoms with van der Waals surface area (Å²) in [5.41, 5.74) is 1.34. The molecule has 1 aliphatic carbocycles. The Kier molecular flexibility index (Phi) is 5.07. The Hall–Kier alpha value is -1.87. The molecule has 0 saturated carbocycles. The van der Waals surface area contributed by atoms with E-state index in [2.05, 4.69) is 64.9 Å². The van der Waals surface area contributed by atoms with Crippen LogP contribution in [0.25, 0.3) is 0 Å². The molecule has 0 aromatic heterocycles. The predicted octanol–water partition coefficient (Wildman–Crippen LogP) is 2.90. The van der Waals surface area contributed by atoms with Crippen molar-refractivity contribution in [1.29, 1.82) is 0 Å². The molecule has 1 heterocycles. The number of piperidine rings is 1. The number of hydrogen-bond donors (Lipinski definition) is 1. The molecular weight excluding hydrogens is 272 g/mol. The molecule has 2 atom stereocenters. The fourth-order valence-electron chi connectivity index (χ4n) is 3.26. The van der Waals surface area contributed by atoms with Crippen LogP contribution in [0, 0.1) is 5.92 Å². The minimum absolute atomic E-state index is 0.191. The van der Waals surface area contributed by atoms with E-state index in [4.69, 9.17) is 0 Å². The number of hydrogen-bond acceptors (Lipinski definition) is 2. The first-order chi connectivity index (χ1) is 10.8. The van der Waals surface area contributed by atoms with Crippen LogP contribution in [0.2, 0.25) is 0 Å². The highest BCUT2D eigenvalue weighted by atomic mass is 16.1. The molecule has 0 spiro atoms. The molecule has 1 N–H and O–H groups in total. The van der Waals surface area contributed by atoms with Crippen molar-refractivity contribution in [3.8, 4) is 0 Å². The van der Waals surface area contributed by atoms with E-state index in [9.17, 15) is 4.79 Å². The van der Waals surface area contributed by atoms with E-state index < -0.39 is 0 Å². The Morgan fingerprint density at radius 3 is 2.73 bits per heavy atom. The molecule has 0 radical (unpaired) electrons. The van der Waals surface area contributed by atoms with Crippen molar-refractivity contribution in [1.82, 2.24) is 10.2 Å². The number of benzene rings is 1. The van der Waals surface area contributed by atoms with Gasteiger partial charge in [0, 0.05) is 32.1 Å². The van der Waals surface area contributed by atoms with E-state index >= 15 is 0 Å². The van der Waals surface area contributed by atoms with Crippen LogP contribution in [-0.2, 0) is 11.3 Å². The van der Waals surface area contributed by atoms with Gasteiger partial charge in [-0.3, -0.25) is 9.69 Å². The predicted molar refractivity (Wildman–Crippen MR) is 89.3 cm³/mol. The maximum atomic E-state index is 11.4. The zero-order valence-corrected chi connectivity index (χ0v) is 12.9. The summed E-state index contributed by atoms with van der Waals surface area (Å²) >= 11 is 0. The van der Waals surface area contributed by atoms with Crippen molar-refractivity contribution in [2.24, 2.45) is 5.92 Å². The third-order valence-electron chi connectivity index (χ3n) is 4.52. The highest BCUT2D eigenvalue weighted by Crippen LogP contribution is 2.20. The van der Waals surface area contributed by atoms with Crippen LogP contribution in [0.4, 0.5) is 0 Å². The molecule has 2 unspecified atom stereocenters. The van der Waals surface area contributed by atoms with Crippen molar-refractivity contribution in [2.75, 3.05) is 13.1 Å². The standard InChI is InChI=1S/C19H24N2O/c22-19-12-11-18(13-20-19)21(14-16-7-3-1-4-8-16)15-17-9-5-2-6-10-17/h1-9,17-18H,10-15H2,(H,20,22). The SMILES string of the molecule is O=C1CCC(N(Cc2ccccc2)CC2C=CC=CC2)CN1. The molecule has 1 amide bonds. The molecule has 3 nitrogen and oxygen atoms in total. The highest BCUT2D eigenvalue weighted by Gasteiger charge is 2.25. The second-order valence-corrected chi connectivity index (χ2v) is 6.22. The lowest BCUT2D eigenvalue weighted by Gasteiger charge is -2.36. The van der Waals surface area contributed by atoms with E-state index in [0.717, 1.165) is 32.5 Å². The van der Waals surface area contributed by atoms with Gasteiger partial charge in [0.2, 0.25) is 5.91 Å². The molecule has 1 aromatic carbocycles. The minimum Gasteiger partial charge on any atom is -0.355 e. The minimum atomic E-state index is 0.191. The van der Waals surface area contributed by atoms with Crippen LogP contribution in [0.15, 0.2) is 54.6 Å². The maximum Gasteiger partial charge on any atom is 0.220 e. The third kappa shape index (κ3) is 4.08. The van der Waals surface area contributed by atoms with E-state index in [1.807, 2.05) is 0 Å². The summed E-state index contributed by atoms with van der Waals surface area (Å²) in [6.07, 6.45) is 11.5. The van der Waals surface area contributed by atoms with Crippen LogP contribution in [0.1, 0.15) is 24.8 Å². The van der Waals surface area contributed by atoms with Gasteiger partial charge >= 0.3 is 0 Å². The first-order valence-corrected chi connectivity index (χ1v) is 8.19. The van der Waals surface area contributed by atoms with Gasteiger partial charge < -0.3 is 5.32 Å². The van der Waals surface area contributed by atoms with Crippen molar-refractivity contribution in [2.45, 2.75) is 31.8 Å². The number of amides is 1. The van der Waals surface area contributed by atoms with Crippen LogP contribution in [0.5, 0.6) is 0 Å². The average Bonchev–Trinajstić information content (AvgIpc) is 2.57. The third-order valence-corrected chi connectivity index (χ3v) is 4.52. The lowest BCUT2D eigenvalue weighted by atomic mass is 9.97. The molecular formula is C19H24N2O. The molecule has 3 heteroatoms. The quantitative estimate of drug-likeness (QED) is 0.906. The van der Waals surface area contributed by atoms with E-state index in [1.54, 1.807) is 0 Å². The van der Waals surface area contributed by atoms with Crippen LogP contribution < -0.4 is 5.32 Å². The largest absolute Gasteiger partial charge is 0.355 e. The summed E-state index contributed by atoms with van der Waals surface area (Å²) in [6, 6.07) is 11.1. The Morgan fingerprint density at radius 1 is 1.18 bits per heavy atom. The number of rotatable bonds is 5. The molecule has 2 aliphatic rings. The fourth-order valence-corrected chi connectivity index (χ4v) is 3.26. The van der Waals surface area contributed by atoms with Gasteiger partial charge in [-0.05, 0) is 24.3 Å². The lowest BCUT2D eigenvalue weighted by Crippen LogP contribution is -2.49. The summed E-state index contributed by atoms with van der Waals surface area (Å²) < 4.78 is 0. The molecule has 1 aromatic rings.